The van der Waals surface area contributed by atoms with Crippen molar-refractivity contribution in [1.82, 2.24) is 9.88 Å². The van der Waals surface area contributed by atoms with Crippen LogP contribution < -0.4 is 0 Å². The number of ether oxygens (including phenoxy) is 1. The molecular formula is C31H29ClN2O3. The molecule has 0 N–H and O–H groups in total. The lowest BCUT2D eigenvalue weighted by molar-refractivity contribution is -0.135. The highest BCUT2D eigenvalue weighted by Gasteiger charge is 2.25. The van der Waals surface area contributed by atoms with E-state index in [1.165, 1.54) is 5.56 Å². The Hall–Kier alpha value is -3.70. The number of piperidine rings is 1. The van der Waals surface area contributed by atoms with Crippen molar-refractivity contribution in [3.8, 4) is 11.3 Å². The first kappa shape index (κ1) is 25.0. The maximum Gasteiger partial charge on any atom is 0.339 e. The van der Waals surface area contributed by atoms with E-state index in [-0.39, 0.29) is 12.5 Å². The molecule has 5 nitrogen and oxygen atoms in total. The van der Waals surface area contributed by atoms with Gasteiger partial charge in [-0.15, -0.1) is 0 Å². The van der Waals surface area contributed by atoms with E-state index in [0.29, 0.717) is 51.8 Å². The monoisotopic (exact) mass is 512 g/mol. The summed E-state index contributed by atoms with van der Waals surface area (Å²) < 4.78 is 5.59. The normalized spacial score (nSPS) is 14.1. The largest absolute Gasteiger partial charge is 0.452 e. The molecule has 4 aromatic rings. The third-order valence-electron chi connectivity index (χ3n) is 7.10. The molecule has 0 atom stereocenters. The molecule has 37 heavy (non-hydrogen) atoms. The highest BCUT2D eigenvalue weighted by molar-refractivity contribution is 6.30. The van der Waals surface area contributed by atoms with E-state index in [1.807, 2.05) is 60.4 Å². The Morgan fingerprint density at radius 3 is 2.46 bits per heavy atom. The van der Waals surface area contributed by atoms with Gasteiger partial charge in [0, 0.05) is 29.1 Å². The molecule has 1 aliphatic heterocycles. The number of carbonyl (C=O) groups excluding carboxylic acids is 2. The molecule has 5 rings (SSSR count). The number of aromatic nitrogens is 1. The molecule has 1 amide bonds. The van der Waals surface area contributed by atoms with Gasteiger partial charge in [-0.05, 0) is 61.4 Å². The zero-order chi connectivity index (χ0) is 25.8. The Labute approximate surface area is 222 Å². The van der Waals surface area contributed by atoms with Gasteiger partial charge in [0.2, 0.25) is 0 Å². The molecule has 1 aromatic heterocycles. The number of fused-ring (bicyclic) bond motifs is 1. The summed E-state index contributed by atoms with van der Waals surface area (Å²) in [6.07, 6.45) is 2.93. The number of esters is 1. The van der Waals surface area contributed by atoms with Crippen LogP contribution in [0.1, 0.15) is 34.3 Å². The number of para-hydroxylation sites is 1. The van der Waals surface area contributed by atoms with Gasteiger partial charge in [-0.3, -0.25) is 4.79 Å². The fourth-order valence-electron chi connectivity index (χ4n) is 5.11. The molecule has 0 unspecified atom stereocenters. The number of rotatable bonds is 6. The Balaban J connectivity index is 1.27. The molecule has 3 aromatic carbocycles. The number of hydrogen-bond acceptors (Lipinski definition) is 4. The van der Waals surface area contributed by atoms with Crippen molar-refractivity contribution in [2.24, 2.45) is 5.92 Å². The fourth-order valence-corrected chi connectivity index (χ4v) is 5.30. The Morgan fingerprint density at radius 1 is 0.973 bits per heavy atom. The van der Waals surface area contributed by atoms with E-state index in [4.69, 9.17) is 21.3 Å². The lowest BCUT2D eigenvalue weighted by atomic mass is 9.90. The molecule has 1 fully saturated rings. The van der Waals surface area contributed by atoms with Gasteiger partial charge in [0.25, 0.3) is 5.91 Å². The average molecular weight is 513 g/mol. The van der Waals surface area contributed by atoms with Gasteiger partial charge in [0.15, 0.2) is 6.61 Å². The van der Waals surface area contributed by atoms with Crippen LogP contribution in [0, 0.1) is 12.8 Å². The molecule has 2 heterocycles. The number of amides is 1. The predicted octanol–water partition coefficient (Wildman–Crippen LogP) is 6.50. The zero-order valence-corrected chi connectivity index (χ0v) is 21.6. The zero-order valence-electron chi connectivity index (χ0n) is 20.8. The van der Waals surface area contributed by atoms with Crippen LogP contribution in [0.25, 0.3) is 22.2 Å². The van der Waals surface area contributed by atoms with E-state index in [0.717, 1.165) is 24.8 Å². The van der Waals surface area contributed by atoms with Gasteiger partial charge in [-0.25, -0.2) is 9.78 Å². The highest BCUT2D eigenvalue weighted by Crippen LogP contribution is 2.31. The summed E-state index contributed by atoms with van der Waals surface area (Å²) in [7, 11) is 0. The Morgan fingerprint density at radius 2 is 1.70 bits per heavy atom. The van der Waals surface area contributed by atoms with E-state index >= 15 is 0 Å². The lowest BCUT2D eigenvalue weighted by Crippen LogP contribution is -2.41. The summed E-state index contributed by atoms with van der Waals surface area (Å²) in [5.41, 5.74) is 4.62. The number of halogens is 1. The SMILES string of the molecule is Cc1c(-c2cccc(Cl)c2)nc2ccccc2c1C(=O)OCC(=O)N1CCC(Cc2ccccc2)CC1. The van der Waals surface area contributed by atoms with Crippen LogP contribution in [0.3, 0.4) is 0 Å². The third kappa shape index (κ3) is 5.67. The standard InChI is InChI=1S/C31H29ClN2O3/c1-21-29(26-12-5-6-13-27(26)33-30(21)24-10-7-11-25(32)19-24)31(36)37-20-28(35)34-16-14-23(15-17-34)18-22-8-3-2-4-9-22/h2-13,19,23H,14-18,20H2,1H3. The minimum atomic E-state index is -0.522. The third-order valence-corrected chi connectivity index (χ3v) is 7.33. The van der Waals surface area contributed by atoms with Crippen LogP contribution >= 0.6 is 11.6 Å². The van der Waals surface area contributed by atoms with Gasteiger partial charge < -0.3 is 9.64 Å². The summed E-state index contributed by atoms with van der Waals surface area (Å²) in [5, 5.41) is 1.29. The van der Waals surface area contributed by atoms with Gasteiger partial charge in [0.1, 0.15) is 0 Å². The second-order valence-electron chi connectivity index (χ2n) is 9.58. The minimum absolute atomic E-state index is 0.155. The maximum absolute atomic E-state index is 13.3. The minimum Gasteiger partial charge on any atom is -0.452 e. The molecule has 1 aliphatic rings. The number of benzene rings is 3. The van der Waals surface area contributed by atoms with Crippen molar-refractivity contribution < 1.29 is 14.3 Å². The van der Waals surface area contributed by atoms with E-state index in [2.05, 4.69) is 24.3 Å². The predicted molar refractivity (Wildman–Crippen MR) is 147 cm³/mol. The summed E-state index contributed by atoms with van der Waals surface area (Å²) in [5.74, 6) is -0.117. The summed E-state index contributed by atoms with van der Waals surface area (Å²) >= 11 is 6.21. The molecule has 0 radical (unpaired) electrons. The molecule has 0 saturated carbocycles. The van der Waals surface area contributed by atoms with Gasteiger partial charge in [0.05, 0.1) is 16.8 Å². The van der Waals surface area contributed by atoms with Gasteiger partial charge in [-0.1, -0.05) is 72.3 Å². The van der Waals surface area contributed by atoms with E-state index in [1.54, 1.807) is 6.07 Å². The van der Waals surface area contributed by atoms with Crippen LogP contribution in [0.2, 0.25) is 5.02 Å². The molecule has 0 bridgehead atoms. The summed E-state index contributed by atoms with van der Waals surface area (Å²) in [6, 6.07) is 25.3. The highest BCUT2D eigenvalue weighted by atomic mass is 35.5. The number of nitrogens with zero attached hydrogens (tertiary/aromatic N) is 2. The summed E-state index contributed by atoms with van der Waals surface area (Å²) in [6.45, 7) is 2.95. The molecular weight excluding hydrogens is 484 g/mol. The van der Waals surface area contributed by atoms with Crippen molar-refractivity contribution >= 4 is 34.4 Å². The first-order chi connectivity index (χ1) is 18.0. The van der Waals surface area contributed by atoms with Crippen LogP contribution in [-0.2, 0) is 16.0 Å². The molecule has 0 aliphatic carbocycles. The first-order valence-electron chi connectivity index (χ1n) is 12.6. The average Bonchev–Trinajstić information content (AvgIpc) is 2.92. The van der Waals surface area contributed by atoms with Crippen molar-refractivity contribution in [2.75, 3.05) is 19.7 Å². The number of carbonyl (C=O) groups is 2. The van der Waals surface area contributed by atoms with Crippen LogP contribution in [0.15, 0.2) is 78.9 Å². The molecule has 188 valence electrons. The number of hydrogen-bond donors (Lipinski definition) is 0. The smallest absolute Gasteiger partial charge is 0.339 e. The Bertz CT molecular complexity index is 1430. The van der Waals surface area contributed by atoms with E-state index in [9.17, 15) is 9.59 Å². The van der Waals surface area contributed by atoms with Crippen LogP contribution in [0.4, 0.5) is 0 Å². The second-order valence-corrected chi connectivity index (χ2v) is 10.0. The van der Waals surface area contributed by atoms with Gasteiger partial charge in [-0.2, -0.15) is 0 Å². The number of likely N-dealkylation sites (tertiary alicyclic amines) is 1. The molecule has 6 heteroatoms. The molecule has 0 spiro atoms. The van der Waals surface area contributed by atoms with Crippen molar-refractivity contribution in [3.63, 3.8) is 0 Å². The van der Waals surface area contributed by atoms with E-state index < -0.39 is 5.97 Å². The van der Waals surface area contributed by atoms with Crippen molar-refractivity contribution in [1.29, 1.82) is 0 Å². The lowest BCUT2D eigenvalue weighted by Gasteiger charge is -2.32. The topological polar surface area (TPSA) is 59.5 Å². The maximum atomic E-state index is 13.3. The van der Waals surface area contributed by atoms with Gasteiger partial charge >= 0.3 is 5.97 Å². The number of pyridine rings is 1. The first-order valence-corrected chi connectivity index (χ1v) is 13.0. The summed E-state index contributed by atoms with van der Waals surface area (Å²) in [4.78, 5) is 32.8. The molecule has 1 saturated heterocycles. The van der Waals surface area contributed by atoms with Crippen molar-refractivity contribution in [3.05, 3.63) is 101 Å². The van der Waals surface area contributed by atoms with Crippen LogP contribution in [-0.4, -0.2) is 41.5 Å². The fraction of sp³-hybridized carbons (Fsp3) is 0.258. The van der Waals surface area contributed by atoms with Crippen LogP contribution in [0.5, 0.6) is 0 Å². The van der Waals surface area contributed by atoms with Crippen molar-refractivity contribution in [2.45, 2.75) is 26.2 Å². The Kier molecular flexibility index (Phi) is 7.52. The second kappa shape index (κ2) is 11.1. The quantitative estimate of drug-likeness (QED) is 0.277.